The highest BCUT2D eigenvalue weighted by atomic mass is 16.5. The van der Waals surface area contributed by atoms with E-state index in [-0.39, 0.29) is 23.8 Å². The number of H-pyrrole nitrogens is 1. The van der Waals surface area contributed by atoms with Gasteiger partial charge in [-0.1, -0.05) is 38.1 Å². The molecule has 1 aromatic heterocycles. The normalized spacial score (nSPS) is 12.7. The zero-order valence-corrected chi connectivity index (χ0v) is 16.7. The largest absolute Gasteiger partial charge is 0.469 e. The van der Waals surface area contributed by atoms with Gasteiger partial charge in [0.1, 0.15) is 6.04 Å². The predicted molar refractivity (Wildman–Crippen MR) is 108 cm³/mol. The maximum absolute atomic E-state index is 12.8. The predicted octanol–water partition coefficient (Wildman–Crippen LogP) is 2.09. The molecule has 0 unspecified atom stereocenters. The van der Waals surface area contributed by atoms with Crippen molar-refractivity contribution in [2.24, 2.45) is 5.92 Å². The molecule has 2 amide bonds. The molecule has 0 aliphatic rings. The molecule has 0 radical (unpaired) electrons. The molecule has 0 aliphatic heterocycles. The third-order valence-electron chi connectivity index (χ3n) is 4.36. The van der Waals surface area contributed by atoms with Gasteiger partial charge in [-0.3, -0.25) is 14.4 Å². The Hall–Kier alpha value is -3.09. The average Bonchev–Trinajstić information content (AvgIpc) is 3.08. The van der Waals surface area contributed by atoms with Crippen LogP contribution >= 0.6 is 0 Å². The van der Waals surface area contributed by atoms with Crippen molar-refractivity contribution in [2.45, 2.75) is 32.7 Å². The van der Waals surface area contributed by atoms with Gasteiger partial charge in [-0.25, -0.2) is 0 Å². The molecule has 7 nitrogen and oxygen atoms in total. The third kappa shape index (κ3) is 5.45. The fraction of sp³-hybridized carbons (Fsp3) is 0.381. The van der Waals surface area contributed by atoms with Crippen LogP contribution in [0.15, 0.2) is 42.1 Å². The molecule has 2 aromatic rings. The van der Waals surface area contributed by atoms with Crippen molar-refractivity contribution in [3.8, 4) is 0 Å². The van der Waals surface area contributed by atoms with E-state index in [0.29, 0.717) is 6.42 Å². The number of aromatic amines is 1. The Morgan fingerprint density at radius 2 is 1.93 bits per heavy atom. The molecule has 0 saturated heterocycles. The number of esters is 1. The van der Waals surface area contributed by atoms with E-state index in [1.165, 1.54) is 14.2 Å². The number of nitrogens with one attached hydrogen (secondary N) is 3. The van der Waals surface area contributed by atoms with Gasteiger partial charge in [-0.15, -0.1) is 0 Å². The maximum Gasteiger partial charge on any atom is 0.310 e. The summed E-state index contributed by atoms with van der Waals surface area (Å²) < 4.78 is 4.68. The number of fused-ring (bicyclic) bond motifs is 1. The Balaban J connectivity index is 2.23. The van der Waals surface area contributed by atoms with Crippen molar-refractivity contribution < 1.29 is 19.1 Å². The molecule has 7 heteroatoms. The van der Waals surface area contributed by atoms with Crippen LogP contribution in [-0.4, -0.2) is 43.0 Å². The molecule has 0 saturated carbocycles. The van der Waals surface area contributed by atoms with Crippen LogP contribution < -0.4 is 10.6 Å². The van der Waals surface area contributed by atoms with Crippen LogP contribution in [0.5, 0.6) is 0 Å². The second-order valence-electron chi connectivity index (χ2n) is 6.89. The summed E-state index contributed by atoms with van der Waals surface area (Å²) in [7, 11) is 2.80. The zero-order chi connectivity index (χ0) is 20.7. The van der Waals surface area contributed by atoms with Crippen LogP contribution in [0, 0.1) is 5.92 Å². The highest BCUT2D eigenvalue weighted by Crippen LogP contribution is 2.19. The number of carbonyl (C=O) groups excluding carboxylic acids is 3. The minimum Gasteiger partial charge on any atom is -0.469 e. The first kappa shape index (κ1) is 21.2. The zero-order valence-electron chi connectivity index (χ0n) is 16.7. The van der Waals surface area contributed by atoms with E-state index in [9.17, 15) is 14.4 Å². The van der Waals surface area contributed by atoms with E-state index in [1.807, 2.05) is 44.3 Å². The summed E-state index contributed by atoms with van der Waals surface area (Å²) in [6, 6.07) is 6.99. The van der Waals surface area contributed by atoms with Crippen molar-refractivity contribution in [3.63, 3.8) is 0 Å². The lowest BCUT2D eigenvalue weighted by Gasteiger charge is -2.18. The minimum absolute atomic E-state index is 0.0671. The number of benzene rings is 1. The van der Waals surface area contributed by atoms with Gasteiger partial charge < -0.3 is 20.4 Å². The van der Waals surface area contributed by atoms with Crippen molar-refractivity contribution in [1.82, 2.24) is 15.6 Å². The number of para-hydroxylation sites is 1. The number of allylic oxidation sites excluding steroid dienone is 1. The van der Waals surface area contributed by atoms with E-state index >= 15 is 0 Å². The highest BCUT2D eigenvalue weighted by Gasteiger charge is 2.24. The number of hydrogen-bond acceptors (Lipinski definition) is 4. The van der Waals surface area contributed by atoms with Gasteiger partial charge in [0.05, 0.1) is 13.5 Å². The summed E-state index contributed by atoms with van der Waals surface area (Å²) in [6.45, 7) is 3.82. The van der Waals surface area contributed by atoms with E-state index in [0.717, 1.165) is 16.5 Å². The van der Waals surface area contributed by atoms with Crippen LogP contribution in [0.2, 0.25) is 0 Å². The summed E-state index contributed by atoms with van der Waals surface area (Å²) in [5.74, 6) is -1.19. The highest BCUT2D eigenvalue weighted by molar-refractivity contribution is 6.00. The lowest BCUT2D eigenvalue weighted by molar-refractivity contribution is -0.140. The summed E-state index contributed by atoms with van der Waals surface area (Å²) in [5, 5.41) is 6.35. The molecule has 1 aromatic carbocycles. The second kappa shape index (κ2) is 9.73. The molecule has 2 rings (SSSR count). The number of hydrogen-bond donors (Lipinski definition) is 3. The Kier molecular flexibility index (Phi) is 7.37. The molecular formula is C21H27N3O4. The van der Waals surface area contributed by atoms with Gasteiger partial charge in [-0.05, 0) is 17.5 Å². The van der Waals surface area contributed by atoms with Crippen LogP contribution in [0.4, 0.5) is 0 Å². The van der Waals surface area contributed by atoms with Gasteiger partial charge in [0.25, 0.3) is 0 Å². The summed E-state index contributed by atoms with van der Waals surface area (Å²) in [5.41, 5.74) is 2.17. The smallest absolute Gasteiger partial charge is 0.310 e. The lowest BCUT2D eigenvalue weighted by atomic mass is 10.0. The first-order valence-electron chi connectivity index (χ1n) is 9.20. The fourth-order valence-electron chi connectivity index (χ4n) is 3.00. The van der Waals surface area contributed by atoms with E-state index in [1.54, 1.807) is 6.08 Å². The van der Waals surface area contributed by atoms with Crippen LogP contribution in [0.1, 0.15) is 25.8 Å². The standard InChI is InChI=1S/C21H27N3O4/c1-13(2)9-14(11-19(25)28-4)20(26)24-18(21(27)22-3)10-15-12-23-17-8-6-5-7-16(15)17/h5-9,12-13,18,23H,10-11H2,1-4H3,(H,22,27)(H,24,26)/b14-9+/t18-/m0/s1. The fourth-order valence-corrected chi connectivity index (χ4v) is 3.00. The average molecular weight is 385 g/mol. The Labute approximate surface area is 164 Å². The first-order valence-corrected chi connectivity index (χ1v) is 9.20. The van der Waals surface area contributed by atoms with Crippen molar-refractivity contribution in [1.29, 1.82) is 0 Å². The topological polar surface area (TPSA) is 100 Å². The molecule has 0 bridgehead atoms. The number of likely N-dealkylation sites (N-methyl/N-ethyl adjacent to an activating group) is 1. The molecular weight excluding hydrogens is 358 g/mol. The monoisotopic (exact) mass is 385 g/mol. The Morgan fingerprint density at radius 1 is 1.21 bits per heavy atom. The number of ether oxygens (including phenoxy) is 1. The molecule has 1 atom stereocenters. The summed E-state index contributed by atoms with van der Waals surface area (Å²) >= 11 is 0. The Bertz CT molecular complexity index is 883. The molecule has 28 heavy (non-hydrogen) atoms. The SMILES string of the molecule is CNC(=O)[C@H](Cc1c[nH]c2ccccc12)NC(=O)/C(=C/C(C)C)CC(=O)OC. The maximum atomic E-state index is 12.8. The summed E-state index contributed by atoms with van der Waals surface area (Å²) in [4.78, 5) is 40.0. The lowest BCUT2D eigenvalue weighted by Crippen LogP contribution is -2.47. The molecule has 3 N–H and O–H groups in total. The van der Waals surface area contributed by atoms with Crippen LogP contribution in [0.25, 0.3) is 10.9 Å². The van der Waals surface area contributed by atoms with E-state index in [2.05, 4.69) is 20.4 Å². The van der Waals surface area contributed by atoms with Crippen LogP contribution in [0.3, 0.4) is 0 Å². The molecule has 0 aliphatic carbocycles. The number of amides is 2. The minimum atomic E-state index is -0.773. The Morgan fingerprint density at radius 3 is 2.57 bits per heavy atom. The second-order valence-corrected chi connectivity index (χ2v) is 6.89. The van der Waals surface area contributed by atoms with Gasteiger partial charge in [-0.2, -0.15) is 0 Å². The van der Waals surface area contributed by atoms with Crippen molar-refractivity contribution >= 4 is 28.7 Å². The summed E-state index contributed by atoms with van der Waals surface area (Å²) in [6.07, 6.45) is 3.72. The molecule has 0 spiro atoms. The van der Waals surface area contributed by atoms with Gasteiger partial charge in [0.2, 0.25) is 11.8 Å². The van der Waals surface area contributed by atoms with E-state index in [4.69, 9.17) is 0 Å². The van der Waals surface area contributed by atoms with Gasteiger partial charge >= 0.3 is 5.97 Å². The van der Waals surface area contributed by atoms with Crippen molar-refractivity contribution in [2.75, 3.05) is 14.2 Å². The van der Waals surface area contributed by atoms with Gasteiger partial charge in [0.15, 0.2) is 0 Å². The quantitative estimate of drug-likeness (QED) is 0.478. The molecule has 0 fully saturated rings. The first-order chi connectivity index (χ1) is 13.3. The number of methoxy groups -OCH3 is 1. The van der Waals surface area contributed by atoms with Crippen molar-refractivity contribution in [3.05, 3.63) is 47.7 Å². The third-order valence-corrected chi connectivity index (χ3v) is 4.36. The van der Waals surface area contributed by atoms with E-state index < -0.39 is 17.9 Å². The molecule has 150 valence electrons. The number of rotatable bonds is 8. The number of aromatic nitrogens is 1. The van der Waals surface area contributed by atoms with Gasteiger partial charge in [0, 0.05) is 36.1 Å². The van der Waals surface area contributed by atoms with Crippen LogP contribution in [-0.2, 0) is 25.5 Å². The number of carbonyl (C=O) groups is 3. The molecule has 1 heterocycles.